The number of nitrogens with zero attached hydrogens (tertiary/aromatic N) is 2. The maximum Gasteiger partial charge on any atom is 0.176 e. The van der Waals surface area contributed by atoms with Gasteiger partial charge in [0.05, 0.1) is 13.7 Å². The number of methoxy groups -OCH3 is 1. The zero-order valence-electron chi connectivity index (χ0n) is 12.9. The van der Waals surface area contributed by atoms with Gasteiger partial charge in [-0.2, -0.15) is 0 Å². The standard InChI is InChI=1S/C16H23FN2O2/c1-18(2)10-13-5-4-8-19(13)11-15(20)12-6-7-16(21-3)14(17)9-12/h6-7,9,13H,4-5,8,10-11H2,1-3H3. The number of benzene rings is 1. The third-order valence-corrected chi connectivity index (χ3v) is 3.90. The number of carbonyl (C=O) groups excluding carboxylic acids is 1. The predicted molar refractivity (Wildman–Crippen MR) is 80.4 cm³/mol. The van der Waals surface area contributed by atoms with E-state index in [4.69, 9.17) is 4.74 Å². The second kappa shape index (κ2) is 7.00. The molecule has 0 radical (unpaired) electrons. The number of likely N-dealkylation sites (N-methyl/N-ethyl adjacent to an activating group) is 1. The number of Topliss-reactive ketones (excluding diaryl/α,β-unsaturated/α-hetero) is 1. The van der Waals surface area contributed by atoms with Gasteiger partial charge in [-0.05, 0) is 51.7 Å². The van der Waals surface area contributed by atoms with Crippen LogP contribution < -0.4 is 4.74 Å². The number of likely N-dealkylation sites (tertiary alicyclic amines) is 1. The second-order valence-electron chi connectivity index (χ2n) is 5.80. The van der Waals surface area contributed by atoms with Gasteiger partial charge in [-0.15, -0.1) is 0 Å². The van der Waals surface area contributed by atoms with E-state index in [0.717, 1.165) is 25.9 Å². The van der Waals surface area contributed by atoms with Crippen LogP contribution in [0.15, 0.2) is 18.2 Å². The Hall–Kier alpha value is -1.46. The van der Waals surface area contributed by atoms with E-state index >= 15 is 0 Å². The van der Waals surface area contributed by atoms with Crippen molar-refractivity contribution in [2.45, 2.75) is 18.9 Å². The van der Waals surface area contributed by atoms with Gasteiger partial charge in [-0.1, -0.05) is 0 Å². The Morgan fingerprint density at radius 3 is 2.86 bits per heavy atom. The predicted octanol–water partition coefficient (Wildman–Crippen LogP) is 2.04. The number of hydrogen-bond donors (Lipinski definition) is 0. The maximum atomic E-state index is 13.7. The van der Waals surface area contributed by atoms with Gasteiger partial charge in [-0.25, -0.2) is 4.39 Å². The molecule has 4 nitrogen and oxygen atoms in total. The lowest BCUT2D eigenvalue weighted by atomic mass is 10.1. The number of carbonyl (C=O) groups is 1. The van der Waals surface area contributed by atoms with Crippen LogP contribution >= 0.6 is 0 Å². The SMILES string of the molecule is COc1ccc(C(=O)CN2CCCC2CN(C)C)cc1F. The van der Waals surface area contributed by atoms with Gasteiger partial charge < -0.3 is 9.64 Å². The first kappa shape index (κ1) is 15.9. The average molecular weight is 294 g/mol. The fraction of sp³-hybridized carbons (Fsp3) is 0.562. The first-order chi connectivity index (χ1) is 10.0. The van der Waals surface area contributed by atoms with Crippen molar-refractivity contribution < 1.29 is 13.9 Å². The van der Waals surface area contributed by atoms with Crippen molar-refractivity contribution in [3.8, 4) is 5.75 Å². The lowest BCUT2D eigenvalue weighted by molar-refractivity contribution is 0.0910. The van der Waals surface area contributed by atoms with Crippen molar-refractivity contribution in [3.63, 3.8) is 0 Å². The van der Waals surface area contributed by atoms with Crippen LogP contribution in [0.25, 0.3) is 0 Å². The Morgan fingerprint density at radius 1 is 1.48 bits per heavy atom. The van der Waals surface area contributed by atoms with Crippen molar-refractivity contribution in [3.05, 3.63) is 29.6 Å². The van der Waals surface area contributed by atoms with Gasteiger partial charge in [0.1, 0.15) is 0 Å². The van der Waals surface area contributed by atoms with Gasteiger partial charge >= 0.3 is 0 Å². The van der Waals surface area contributed by atoms with E-state index in [9.17, 15) is 9.18 Å². The molecule has 1 unspecified atom stereocenters. The van der Waals surface area contributed by atoms with Crippen molar-refractivity contribution in [1.82, 2.24) is 9.80 Å². The summed E-state index contributed by atoms with van der Waals surface area (Å²) in [4.78, 5) is 16.7. The Kier molecular flexibility index (Phi) is 5.31. The molecule has 2 rings (SSSR count). The first-order valence-electron chi connectivity index (χ1n) is 7.26. The first-order valence-corrected chi connectivity index (χ1v) is 7.26. The molecule has 5 heteroatoms. The summed E-state index contributed by atoms with van der Waals surface area (Å²) >= 11 is 0. The molecule has 1 heterocycles. The monoisotopic (exact) mass is 294 g/mol. The number of halogens is 1. The summed E-state index contributed by atoms with van der Waals surface area (Å²) in [5.41, 5.74) is 0.406. The van der Waals surface area contributed by atoms with Gasteiger partial charge in [0, 0.05) is 18.2 Å². The molecule has 116 valence electrons. The topological polar surface area (TPSA) is 32.8 Å². The van der Waals surface area contributed by atoms with Crippen molar-refractivity contribution in [2.24, 2.45) is 0 Å². The minimum absolute atomic E-state index is 0.0396. The molecule has 0 amide bonds. The lowest BCUT2D eigenvalue weighted by Gasteiger charge is -2.26. The molecule has 0 spiro atoms. The van der Waals surface area contributed by atoms with Crippen LogP contribution in [0.2, 0.25) is 0 Å². The smallest absolute Gasteiger partial charge is 0.176 e. The van der Waals surface area contributed by atoms with E-state index in [1.807, 2.05) is 14.1 Å². The Balaban J connectivity index is 2.02. The molecule has 0 bridgehead atoms. The highest BCUT2D eigenvalue weighted by Crippen LogP contribution is 2.21. The van der Waals surface area contributed by atoms with Crippen molar-refractivity contribution in [1.29, 1.82) is 0 Å². The normalized spacial score (nSPS) is 19.2. The molecule has 1 fully saturated rings. The molecule has 1 atom stereocenters. The summed E-state index contributed by atoms with van der Waals surface area (Å²) in [6.45, 7) is 2.23. The molecule has 1 aliphatic heterocycles. The van der Waals surface area contributed by atoms with Crippen molar-refractivity contribution in [2.75, 3.05) is 40.8 Å². The van der Waals surface area contributed by atoms with Gasteiger partial charge in [-0.3, -0.25) is 9.69 Å². The molecule has 0 N–H and O–H groups in total. The molecule has 0 aliphatic carbocycles. The highest BCUT2D eigenvalue weighted by atomic mass is 19.1. The summed E-state index contributed by atoms with van der Waals surface area (Å²) < 4.78 is 18.5. The number of rotatable bonds is 6. The van der Waals surface area contributed by atoms with Crippen LogP contribution in [-0.2, 0) is 0 Å². The largest absolute Gasteiger partial charge is 0.494 e. The van der Waals surface area contributed by atoms with Crippen LogP contribution in [-0.4, -0.2) is 62.5 Å². The summed E-state index contributed by atoms with van der Waals surface area (Å²) in [6, 6.07) is 4.80. The Labute approximate surface area is 125 Å². The molecule has 0 aromatic heterocycles. The fourth-order valence-electron chi connectivity index (χ4n) is 2.85. The van der Waals surface area contributed by atoms with E-state index in [1.165, 1.54) is 19.2 Å². The van der Waals surface area contributed by atoms with E-state index in [1.54, 1.807) is 6.07 Å². The molecule has 1 aliphatic rings. The Bertz CT molecular complexity index is 505. The molecule has 1 aromatic rings. The van der Waals surface area contributed by atoms with Crippen LogP contribution in [0, 0.1) is 5.82 Å². The third kappa shape index (κ3) is 4.02. The summed E-state index contributed by atoms with van der Waals surface area (Å²) in [7, 11) is 5.49. The van der Waals surface area contributed by atoms with Gasteiger partial charge in [0.15, 0.2) is 17.3 Å². The highest BCUT2D eigenvalue weighted by molar-refractivity contribution is 5.97. The van der Waals surface area contributed by atoms with Crippen LogP contribution in [0.3, 0.4) is 0 Å². The van der Waals surface area contributed by atoms with Crippen LogP contribution in [0.4, 0.5) is 4.39 Å². The van der Waals surface area contributed by atoms with E-state index < -0.39 is 5.82 Å². The molecular weight excluding hydrogens is 271 g/mol. The van der Waals surface area contributed by atoms with Gasteiger partial charge in [0.2, 0.25) is 0 Å². The van der Waals surface area contributed by atoms with Crippen LogP contribution in [0.5, 0.6) is 5.75 Å². The number of ketones is 1. The maximum absolute atomic E-state index is 13.7. The molecule has 21 heavy (non-hydrogen) atoms. The molecule has 1 aromatic carbocycles. The lowest BCUT2D eigenvalue weighted by Crippen LogP contribution is -2.40. The minimum Gasteiger partial charge on any atom is -0.494 e. The van der Waals surface area contributed by atoms with Crippen molar-refractivity contribution >= 4 is 5.78 Å². The summed E-state index contributed by atoms with van der Waals surface area (Å²) in [5, 5.41) is 0. The average Bonchev–Trinajstić information content (AvgIpc) is 2.85. The zero-order valence-corrected chi connectivity index (χ0v) is 12.9. The molecule has 0 saturated carbocycles. The number of ether oxygens (including phenoxy) is 1. The molecular formula is C16H23FN2O2. The molecule has 1 saturated heterocycles. The minimum atomic E-state index is -0.491. The fourth-order valence-corrected chi connectivity index (χ4v) is 2.85. The second-order valence-corrected chi connectivity index (χ2v) is 5.80. The number of hydrogen-bond acceptors (Lipinski definition) is 4. The van der Waals surface area contributed by atoms with Gasteiger partial charge in [0.25, 0.3) is 0 Å². The van der Waals surface area contributed by atoms with E-state index in [-0.39, 0.29) is 11.5 Å². The van der Waals surface area contributed by atoms with Crippen LogP contribution in [0.1, 0.15) is 23.2 Å². The summed E-state index contributed by atoms with van der Waals surface area (Å²) in [5.74, 6) is -0.366. The Morgan fingerprint density at radius 2 is 2.24 bits per heavy atom. The van der Waals surface area contributed by atoms with E-state index in [2.05, 4.69) is 9.80 Å². The zero-order chi connectivity index (χ0) is 15.4. The van der Waals surface area contributed by atoms with E-state index in [0.29, 0.717) is 18.2 Å². The third-order valence-electron chi connectivity index (χ3n) is 3.90. The summed E-state index contributed by atoms with van der Waals surface area (Å²) in [6.07, 6.45) is 2.23. The highest BCUT2D eigenvalue weighted by Gasteiger charge is 2.27. The quantitative estimate of drug-likeness (QED) is 0.752.